The van der Waals surface area contributed by atoms with E-state index in [0.717, 1.165) is 12.8 Å². The zero-order valence-electron chi connectivity index (χ0n) is 9.02. The van der Waals surface area contributed by atoms with Crippen LogP contribution in [0.3, 0.4) is 0 Å². The van der Waals surface area contributed by atoms with E-state index >= 15 is 0 Å². The van der Waals surface area contributed by atoms with Gasteiger partial charge in [0.05, 0.1) is 11.8 Å². The van der Waals surface area contributed by atoms with Crippen LogP contribution in [0.5, 0.6) is 0 Å². The van der Waals surface area contributed by atoms with Crippen LogP contribution in [-0.4, -0.2) is 27.3 Å². The molecule has 1 aliphatic carbocycles. The van der Waals surface area contributed by atoms with Gasteiger partial charge in [0.1, 0.15) is 5.82 Å². The molecule has 1 saturated carbocycles. The Balaban J connectivity index is 2.02. The van der Waals surface area contributed by atoms with Crippen LogP contribution in [0.1, 0.15) is 42.5 Å². The van der Waals surface area contributed by atoms with Gasteiger partial charge >= 0.3 is 5.97 Å². The van der Waals surface area contributed by atoms with Gasteiger partial charge in [0.25, 0.3) is 0 Å². The third kappa shape index (κ3) is 2.68. The fourth-order valence-electron chi connectivity index (χ4n) is 2.01. The first-order valence-electron chi connectivity index (χ1n) is 5.58. The topological polar surface area (TPSA) is 75.1 Å². The van der Waals surface area contributed by atoms with Crippen molar-refractivity contribution in [2.75, 3.05) is 5.32 Å². The largest absolute Gasteiger partial charge is 0.478 e. The number of aromatic nitrogens is 2. The minimum atomic E-state index is -0.971. The highest BCUT2D eigenvalue weighted by atomic mass is 16.4. The van der Waals surface area contributed by atoms with Gasteiger partial charge in [-0.1, -0.05) is 19.3 Å². The molecule has 0 bridgehead atoms. The molecule has 0 spiro atoms. The van der Waals surface area contributed by atoms with Crippen molar-refractivity contribution < 1.29 is 9.90 Å². The van der Waals surface area contributed by atoms with Gasteiger partial charge in [-0.25, -0.2) is 4.79 Å². The Morgan fingerprint density at radius 3 is 2.81 bits per heavy atom. The molecule has 0 unspecified atom stereocenters. The third-order valence-electron chi connectivity index (χ3n) is 2.86. The second kappa shape index (κ2) is 4.92. The third-order valence-corrected chi connectivity index (χ3v) is 2.86. The van der Waals surface area contributed by atoms with E-state index < -0.39 is 5.97 Å². The summed E-state index contributed by atoms with van der Waals surface area (Å²) < 4.78 is 0. The second-order valence-corrected chi connectivity index (χ2v) is 4.11. The van der Waals surface area contributed by atoms with Crippen LogP contribution >= 0.6 is 0 Å². The lowest BCUT2D eigenvalue weighted by Gasteiger charge is -2.22. The maximum absolute atomic E-state index is 10.7. The summed E-state index contributed by atoms with van der Waals surface area (Å²) in [5.74, 6) is -0.409. The summed E-state index contributed by atoms with van der Waals surface area (Å²) in [4.78, 5) is 10.7. The van der Waals surface area contributed by atoms with Gasteiger partial charge < -0.3 is 10.4 Å². The minimum absolute atomic E-state index is 0.174. The monoisotopic (exact) mass is 221 g/mol. The normalized spacial score (nSPS) is 17.0. The first-order chi connectivity index (χ1) is 7.75. The summed E-state index contributed by atoms with van der Waals surface area (Å²) in [7, 11) is 0. The number of anilines is 1. The van der Waals surface area contributed by atoms with Gasteiger partial charge in [0.2, 0.25) is 0 Å². The van der Waals surface area contributed by atoms with E-state index in [1.807, 2.05) is 0 Å². The zero-order chi connectivity index (χ0) is 11.4. The molecule has 1 heterocycles. The van der Waals surface area contributed by atoms with E-state index in [1.165, 1.54) is 31.5 Å². The molecular weight excluding hydrogens is 206 g/mol. The van der Waals surface area contributed by atoms with E-state index in [9.17, 15) is 4.79 Å². The number of carbonyl (C=O) groups is 1. The highest BCUT2D eigenvalue weighted by Crippen LogP contribution is 2.20. The highest BCUT2D eigenvalue weighted by Gasteiger charge is 2.14. The molecule has 1 aromatic rings. The van der Waals surface area contributed by atoms with Crippen LogP contribution in [-0.2, 0) is 0 Å². The van der Waals surface area contributed by atoms with Crippen molar-refractivity contribution in [2.45, 2.75) is 38.1 Å². The van der Waals surface area contributed by atoms with Crippen molar-refractivity contribution in [1.82, 2.24) is 10.2 Å². The van der Waals surface area contributed by atoms with Crippen molar-refractivity contribution in [2.24, 2.45) is 0 Å². The Morgan fingerprint density at radius 1 is 1.38 bits per heavy atom. The van der Waals surface area contributed by atoms with Gasteiger partial charge in [0, 0.05) is 6.04 Å². The van der Waals surface area contributed by atoms with Crippen molar-refractivity contribution in [1.29, 1.82) is 0 Å². The molecule has 86 valence electrons. The van der Waals surface area contributed by atoms with E-state index in [0.29, 0.717) is 11.9 Å². The first-order valence-corrected chi connectivity index (χ1v) is 5.58. The molecular formula is C11H15N3O2. The molecule has 1 aromatic heterocycles. The smallest absolute Gasteiger partial charge is 0.337 e. The van der Waals surface area contributed by atoms with E-state index in [-0.39, 0.29) is 5.56 Å². The van der Waals surface area contributed by atoms with Crippen molar-refractivity contribution in [3.63, 3.8) is 0 Å². The Kier molecular flexibility index (Phi) is 3.34. The van der Waals surface area contributed by atoms with Crippen LogP contribution in [0, 0.1) is 0 Å². The Morgan fingerprint density at radius 2 is 2.12 bits per heavy atom. The molecule has 0 aliphatic heterocycles. The number of hydrogen-bond donors (Lipinski definition) is 2. The molecule has 0 saturated heterocycles. The lowest BCUT2D eigenvalue weighted by molar-refractivity contribution is 0.0696. The minimum Gasteiger partial charge on any atom is -0.478 e. The number of carboxylic acids is 1. The number of nitrogens with one attached hydrogen (secondary N) is 1. The van der Waals surface area contributed by atoms with Crippen LogP contribution in [0.25, 0.3) is 0 Å². The Labute approximate surface area is 93.9 Å². The predicted molar refractivity (Wildman–Crippen MR) is 59.5 cm³/mol. The molecule has 1 aliphatic rings. The average molecular weight is 221 g/mol. The molecule has 16 heavy (non-hydrogen) atoms. The quantitative estimate of drug-likeness (QED) is 0.815. The molecule has 5 heteroatoms. The van der Waals surface area contributed by atoms with Crippen molar-refractivity contribution in [3.05, 3.63) is 17.8 Å². The second-order valence-electron chi connectivity index (χ2n) is 4.11. The summed E-state index contributed by atoms with van der Waals surface area (Å²) in [5.41, 5.74) is 0.174. The molecule has 0 radical (unpaired) electrons. The fraction of sp³-hybridized carbons (Fsp3) is 0.545. The maximum atomic E-state index is 10.7. The summed E-state index contributed by atoms with van der Waals surface area (Å²) in [5, 5.41) is 19.6. The van der Waals surface area contributed by atoms with E-state index in [1.54, 1.807) is 0 Å². The molecule has 2 rings (SSSR count). The standard InChI is InChI=1S/C11H15N3O2/c15-11(16)8-6-10(14-12-7-8)13-9-4-2-1-3-5-9/h6-7,9H,1-5H2,(H,13,14)(H,15,16). The lowest BCUT2D eigenvalue weighted by Crippen LogP contribution is -2.23. The molecule has 0 atom stereocenters. The molecule has 0 aromatic carbocycles. The number of nitrogens with zero attached hydrogens (tertiary/aromatic N) is 2. The predicted octanol–water partition coefficient (Wildman–Crippen LogP) is 1.92. The Hall–Kier alpha value is -1.65. The van der Waals surface area contributed by atoms with Gasteiger partial charge in [-0.3, -0.25) is 0 Å². The van der Waals surface area contributed by atoms with Crippen molar-refractivity contribution in [3.8, 4) is 0 Å². The van der Waals surface area contributed by atoms with Gasteiger partial charge in [-0.2, -0.15) is 5.10 Å². The van der Waals surface area contributed by atoms with E-state index in [4.69, 9.17) is 5.11 Å². The Bertz CT molecular complexity index is 375. The van der Waals surface area contributed by atoms with Crippen LogP contribution in [0.2, 0.25) is 0 Å². The lowest BCUT2D eigenvalue weighted by atomic mass is 9.95. The molecule has 1 fully saturated rings. The van der Waals surface area contributed by atoms with Gasteiger partial charge in [0.15, 0.2) is 0 Å². The van der Waals surface area contributed by atoms with Crippen molar-refractivity contribution >= 4 is 11.8 Å². The molecule has 5 nitrogen and oxygen atoms in total. The summed E-state index contributed by atoms with van der Waals surface area (Å²) in [6.45, 7) is 0. The number of rotatable bonds is 3. The van der Waals surface area contributed by atoms with Gasteiger partial charge in [-0.15, -0.1) is 5.10 Å². The summed E-state index contributed by atoms with van der Waals surface area (Å²) >= 11 is 0. The van der Waals surface area contributed by atoms with Crippen LogP contribution in [0.4, 0.5) is 5.82 Å². The van der Waals surface area contributed by atoms with Crippen LogP contribution < -0.4 is 5.32 Å². The number of hydrogen-bond acceptors (Lipinski definition) is 4. The first kappa shape index (κ1) is 10.9. The summed E-state index contributed by atoms with van der Waals surface area (Å²) in [6.07, 6.45) is 7.25. The fourth-order valence-corrected chi connectivity index (χ4v) is 2.01. The SMILES string of the molecule is O=C(O)c1cnnc(NC2CCCCC2)c1. The molecule has 0 amide bonds. The average Bonchev–Trinajstić information content (AvgIpc) is 2.30. The van der Waals surface area contributed by atoms with Gasteiger partial charge in [-0.05, 0) is 18.9 Å². The van der Waals surface area contributed by atoms with E-state index in [2.05, 4.69) is 15.5 Å². The zero-order valence-corrected chi connectivity index (χ0v) is 9.02. The number of carboxylic acid groups (broad SMARTS) is 1. The number of aromatic carboxylic acids is 1. The maximum Gasteiger partial charge on any atom is 0.337 e. The highest BCUT2D eigenvalue weighted by molar-refractivity contribution is 5.87. The summed E-state index contributed by atoms with van der Waals surface area (Å²) in [6, 6.07) is 1.94. The van der Waals surface area contributed by atoms with Crippen LogP contribution in [0.15, 0.2) is 12.3 Å². The molecule has 2 N–H and O–H groups in total.